The highest BCUT2D eigenvalue weighted by Crippen LogP contribution is 2.29. The molecule has 0 bridgehead atoms. The van der Waals surface area contributed by atoms with Crippen LogP contribution in [-0.2, 0) is 100 Å². The molecule has 4 saturated heterocycles. The van der Waals surface area contributed by atoms with Crippen LogP contribution in [0.5, 0.6) is 5.75 Å². The number of benzene rings is 1. The molecule has 0 aromatic heterocycles. The van der Waals surface area contributed by atoms with Crippen LogP contribution in [-0.4, -0.2) is 368 Å². The van der Waals surface area contributed by atoms with Crippen LogP contribution >= 0.6 is 11.8 Å². The Morgan fingerprint density at radius 2 is 0.678 bits per heavy atom. The minimum Gasteiger partial charge on any atom is -0.492 e. The van der Waals surface area contributed by atoms with Gasteiger partial charge in [-0.1, -0.05) is 46.5 Å². The van der Waals surface area contributed by atoms with E-state index in [1.165, 1.54) is 57.7 Å². The first-order valence-corrected chi connectivity index (χ1v) is 52.6. The number of aliphatic carboxylic acids is 1. The van der Waals surface area contributed by atoms with Crippen LogP contribution in [0.2, 0.25) is 0 Å². The highest BCUT2D eigenvalue weighted by Gasteiger charge is 2.44. The lowest BCUT2D eigenvalue weighted by molar-refractivity contribution is -0.237. The summed E-state index contributed by atoms with van der Waals surface area (Å²) in [5, 5.41) is 129. The van der Waals surface area contributed by atoms with E-state index >= 15 is 0 Å². The fraction of sp³-hybridized carbons (Fsp3) is 0.786. The number of rotatable bonds is 74. The zero-order valence-electron chi connectivity index (χ0n) is 85.8. The molecule has 19 unspecified atom stereocenters. The molecule has 47 nitrogen and oxygen atoms in total. The first-order valence-electron chi connectivity index (χ1n) is 51.5. The molecular formula is C98H166N14O33S. The number of amides is 14. The minimum atomic E-state index is -1.12. The largest absolute Gasteiger partial charge is 0.492 e. The lowest BCUT2D eigenvalue weighted by atomic mass is 9.89. The van der Waals surface area contributed by atoms with Gasteiger partial charge in [-0.3, -0.25) is 71.9 Å². The fourth-order valence-corrected chi connectivity index (χ4v) is 17.7. The van der Waals surface area contributed by atoms with Gasteiger partial charge in [0, 0.05) is 169 Å². The zero-order valence-corrected chi connectivity index (χ0v) is 86.6. The summed E-state index contributed by atoms with van der Waals surface area (Å²) in [7, 11) is 0. The second kappa shape index (κ2) is 72.2. The van der Waals surface area contributed by atoms with Crippen molar-refractivity contribution < 1.29 is 161 Å². The molecule has 1 aromatic carbocycles. The van der Waals surface area contributed by atoms with E-state index in [4.69, 9.17) is 42.6 Å². The SMILES string of the molecule is CC(=O)NC1C(O)CC(CO)OC1OCCCCC(=O)NCCCCC(NC(=O)CCCCOC1OC(CO)CC(O)C1NC(C)=O)C(=O)NCCNC(=O)c1cc(OCCNC(=O)CCCCCNC(=O)C(CC(=O)O)SCCCCCCC(C)(C)C)cc(C(=O)NCCNC(=O)C(CCCCNC(=O)CCCCOC2OC(CO)CC(O)C2NC(C)=O)NC(=O)CCCCOC2OC(CO)CC(O)C2NC(C)=O)c1. The molecule has 19 atom stereocenters. The van der Waals surface area contributed by atoms with Crippen molar-refractivity contribution in [2.75, 3.05) is 118 Å². The van der Waals surface area contributed by atoms with Crippen molar-refractivity contribution >= 4 is 100 Å². The van der Waals surface area contributed by atoms with E-state index in [-0.39, 0.29) is 234 Å². The van der Waals surface area contributed by atoms with Gasteiger partial charge >= 0.3 is 5.97 Å². The first kappa shape index (κ1) is 127. The topological polar surface area (TPSA) is 690 Å². The van der Waals surface area contributed by atoms with E-state index in [0.717, 1.165) is 32.1 Å². The number of carboxylic acids is 1. The molecule has 1 aromatic rings. The van der Waals surface area contributed by atoms with Gasteiger partial charge in [-0.2, -0.15) is 0 Å². The number of hydrogen-bond donors (Lipinski definition) is 23. The third kappa shape index (κ3) is 53.8. The molecular weight excluding hydrogens is 1930 g/mol. The van der Waals surface area contributed by atoms with Crippen molar-refractivity contribution in [1.82, 2.24) is 74.4 Å². The molecule has 14 amide bonds. The number of thioether (sulfide) groups is 1. The summed E-state index contributed by atoms with van der Waals surface area (Å²) in [6, 6.07) is -1.86. The number of carbonyl (C=O) groups excluding carboxylic acids is 14. The zero-order chi connectivity index (χ0) is 107. The Morgan fingerprint density at radius 1 is 0.363 bits per heavy atom. The summed E-state index contributed by atoms with van der Waals surface area (Å²) in [5.41, 5.74) is 0.0707. The quantitative estimate of drug-likeness (QED) is 0.0359. The molecule has 4 aliphatic heterocycles. The lowest BCUT2D eigenvalue weighted by Crippen LogP contribution is -2.58. The molecule has 4 heterocycles. The number of nitrogens with one attached hydrogen (secondary N) is 14. The van der Waals surface area contributed by atoms with E-state index in [9.17, 15) is 118 Å². The molecule has 0 aliphatic carbocycles. The molecule has 832 valence electrons. The molecule has 0 spiro atoms. The predicted molar refractivity (Wildman–Crippen MR) is 531 cm³/mol. The van der Waals surface area contributed by atoms with E-state index < -0.39 is 194 Å². The molecule has 5 rings (SSSR count). The van der Waals surface area contributed by atoms with Crippen molar-refractivity contribution in [2.45, 2.75) is 369 Å². The standard InChI is InChI=1S/C98H166N14O33S/c1-61(117)107-85-74(121)52-68(57-113)142-94(85)138-43-22-14-30-79(125)99-35-20-12-27-72(111-82(128)32-16-24-45-140-96-87(109-63(3)119)76(123)54-70(59-115)144-96)91(134)105-40-38-103-89(132)65-49-66(51-67(50-65)137-47-42-101-81(127)29-11-10-19-37-102-93(136)78(56-84(130)131)146-48-26-9-8-18-34-98(5,6)7)90(133)104-39-41-106-92(135)73(112-83(129)33-17-25-46-141-97-88(110-64(4)120)77(124)55-71(60-116)145-97)28-13-21-36-100-80(126)31-15-23-44-139-95-86(108-62(2)118)75(122)53-69(58-114)143-95/h49-51,68-78,85-88,94-97,113-116,121-124H,8-48,52-60H2,1-7H3,(H,99,125)(H,100,126)(H,101,127)(H,102,136)(H,103,132)(H,104,133)(H,105,134)(H,106,135)(H,107,117)(H,108,118)(H,109,119)(H,110,120)(H,111,128)(H,112,129)(H,130,131). The van der Waals surface area contributed by atoms with Crippen molar-refractivity contribution in [1.29, 1.82) is 0 Å². The molecule has 4 aliphatic rings. The number of carboxylic acid groups (broad SMARTS) is 1. The van der Waals surface area contributed by atoms with Crippen LogP contribution in [0.4, 0.5) is 0 Å². The highest BCUT2D eigenvalue weighted by molar-refractivity contribution is 8.00. The number of carbonyl (C=O) groups is 15. The van der Waals surface area contributed by atoms with Crippen LogP contribution in [0.1, 0.15) is 275 Å². The maximum Gasteiger partial charge on any atom is 0.305 e. The summed E-state index contributed by atoms with van der Waals surface area (Å²) >= 11 is 1.34. The minimum absolute atomic E-state index is 0.0157. The Hall–Kier alpha value is -9.22. The molecule has 23 N–H and O–H groups in total. The molecule has 0 radical (unpaired) electrons. The highest BCUT2D eigenvalue weighted by atomic mass is 32.2. The van der Waals surface area contributed by atoms with Gasteiger partial charge < -0.3 is 163 Å². The summed E-state index contributed by atoms with van der Waals surface area (Å²) in [4.78, 5) is 195. The Balaban J connectivity index is 1.24. The second-order valence-corrected chi connectivity index (χ2v) is 39.7. The van der Waals surface area contributed by atoms with Gasteiger partial charge in [0.15, 0.2) is 25.2 Å². The Kier molecular flexibility index (Phi) is 63.0. The van der Waals surface area contributed by atoms with Gasteiger partial charge in [-0.05, 0) is 145 Å². The van der Waals surface area contributed by atoms with Gasteiger partial charge in [-0.25, -0.2) is 0 Å². The summed E-state index contributed by atoms with van der Waals surface area (Å²) in [5.74, 6) is -7.03. The van der Waals surface area contributed by atoms with Crippen molar-refractivity contribution in [3.63, 3.8) is 0 Å². The number of unbranched alkanes of at least 4 members (excludes halogenated alkanes) is 11. The smallest absolute Gasteiger partial charge is 0.305 e. The number of aliphatic hydroxyl groups excluding tert-OH is 8. The second-order valence-electron chi connectivity index (χ2n) is 38.4. The molecule has 146 heavy (non-hydrogen) atoms. The van der Waals surface area contributed by atoms with Crippen molar-refractivity contribution in [3.8, 4) is 5.75 Å². The van der Waals surface area contributed by atoms with Gasteiger partial charge in [0.05, 0.1) is 93.5 Å². The Morgan fingerprint density at radius 3 is 1.03 bits per heavy atom. The predicted octanol–water partition coefficient (Wildman–Crippen LogP) is -0.695. The average Bonchev–Trinajstić information content (AvgIpc) is 0.863. The van der Waals surface area contributed by atoms with Gasteiger partial charge in [0.25, 0.3) is 11.8 Å². The molecule has 48 heteroatoms. The maximum absolute atomic E-state index is 14.2. The van der Waals surface area contributed by atoms with Crippen molar-refractivity contribution in [3.05, 3.63) is 29.3 Å². The summed E-state index contributed by atoms with van der Waals surface area (Å²) in [6.45, 7) is 10.2. The van der Waals surface area contributed by atoms with E-state index in [1.807, 2.05) is 0 Å². The maximum atomic E-state index is 14.2. The Labute approximate surface area is 858 Å². The summed E-state index contributed by atoms with van der Waals surface area (Å²) < 4.78 is 52.4. The van der Waals surface area contributed by atoms with Crippen LogP contribution in [0.3, 0.4) is 0 Å². The first-order chi connectivity index (χ1) is 69.8. The van der Waals surface area contributed by atoms with E-state index in [1.54, 1.807) is 0 Å². The monoisotopic (exact) mass is 2100 g/mol. The number of hydrogen-bond acceptors (Lipinski definition) is 33. The van der Waals surface area contributed by atoms with Crippen LogP contribution in [0.15, 0.2) is 18.2 Å². The van der Waals surface area contributed by atoms with E-state index in [0.29, 0.717) is 89.2 Å². The van der Waals surface area contributed by atoms with E-state index in [2.05, 4.69) is 95.2 Å². The van der Waals surface area contributed by atoms with Crippen LogP contribution in [0.25, 0.3) is 0 Å². The lowest BCUT2D eigenvalue weighted by Gasteiger charge is -2.39. The van der Waals surface area contributed by atoms with Crippen LogP contribution < -0.4 is 79.2 Å². The molecule has 4 fully saturated rings. The molecule has 0 saturated carbocycles. The number of aliphatic hydroxyl groups is 8. The average molecular weight is 2100 g/mol. The van der Waals surface area contributed by atoms with Gasteiger partial charge in [-0.15, -0.1) is 11.8 Å². The van der Waals surface area contributed by atoms with Crippen LogP contribution in [0, 0.1) is 5.41 Å². The van der Waals surface area contributed by atoms with Gasteiger partial charge in [0.1, 0.15) is 48.6 Å². The van der Waals surface area contributed by atoms with Crippen molar-refractivity contribution in [2.24, 2.45) is 5.41 Å². The normalized spacial score (nSPS) is 22.5. The number of ether oxygens (including phenoxy) is 9. The van der Waals surface area contributed by atoms with Gasteiger partial charge in [0.2, 0.25) is 70.9 Å². The Bertz CT molecular complexity index is 3910. The third-order valence-corrected chi connectivity index (χ3v) is 25.6. The summed E-state index contributed by atoms with van der Waals surface area (Å²) in [6.07, 6.45) is -0.216. The fourth-order valence-electron chi connectivity index (χ4n) is 16.5. The third-order valence-electron chi connectivity index (χ3n) is 24.3.